The smallest absolute Gasteiger partial charge is 0.309 e. The van der Waals surface area contributed by atoms with E-state index in [1.165, 1.54) is 0 Å². The molecule has 2 atom stereocenters. The first kappa shape index (κ1) is 10.5. The second kappa shape index (κ2) is 4.21. The minimum absolute atomic E-state index is 0.334. The molecule has 1 aromatic carbocycles. The molecule has 1 N–H and O–H groups in total. The summed E-state index contributed by atoms with van der Waals surface area (Å²) >= 11 is 5.76. The van der Waals surface area contributed by atoms with Gasteiger partial charge in [-0.2, -0.15) is 0 Å². The van der Waals surface area contributed by atoms with Crippen LogP contribution in [0.4, 0.5) is 0 Å². The Morgan fingerprint density at radius 3 is 2.67 bits per heavy atom. The summed E-state index contributed by atoms with van der Waals surface area (Å²) in [5.41, 5.74) is 0.879. The van der Waals surface area contributed by atoms with Gasteiger partial charge in [0, 0.05) is 11.6 Å². The number of carboxylic acids is 1. The Hall–Kier alpha value is -1.06. The van der Waals surface area contributed by atoms with Crippen LogP contribution in [0.25, 0.3) is 0 Å². The number of ether oxygens (including phenoxy) is 1. The van der Waals surface area contributed by atoms with E-state index in [9.17, 15) is 4.79 Å². The van der Waals surface area contributed by atoms with E-state index in [2.05, 4.69) is 0 Å². The molecule has 80 valence electrons. The molecule has 0 saturated carbocycles. The molecule has 0 bridgehead atoms. The fraction of sp³-hybridized carbons (Fsp3) is 0.364. The zero-order valence-electron chi connectivity index (χ0n) is 8.02. The summed E-state index contributed by atoms with van der Waals surface area (Å²) in [6.07, 6.45) is 0.239. The Morgan fingerprint density at radius 1 is 1.40 bits per heavy atom. The number of benzene rings is 1. The highest BCUT2D eigenvalue weighted by molar-refractivity contribution is 6.30. The van der Waals surface area contributed by atoms with Crippen molar-refractivity contribution >= 4 is 17.6 Å². The van der Waals surface area contributed by atoms with Gasteiger partial charge in [-0.3, -0.25) is 4.79 Å². The van der Waals surface area contributed by atoms with Gasteiger partial charge in [-0.25, -0.2) is 0 Å². The highest BCUT2D eigenvalue weighted by Gasteiger charge is 2.34. The Morgan fingerprint density at radius 2 is 2.07 bits per heavy atom. The third kappa shape index (κ3) is 2.13. The van der Waals surface area contributed by atoms with Gasteiger partial charge in [-0.05, 0) is 24.1 Å². The third-order valence-corrected chi connectivity index (χ3v) is 2.86. The minimum atomic E-state index is -0.799. The van der Waals surface area contributed by atoms with Crippen LogP contribution in [0.3, 0.4) is 0 Å². The van der Waals surface area contributed by atoms with Crippen LogP contribution in [-0.4, -0.2) is 17.7 Å². The lowest BCUT2D eigenvalue weighted by Crippen LogP contribution is -2.17. The summed E-state index contributed by atoms with van der Waals surface area (Å²) in [5.74, 6) is -1.24. The van der Waals surface area contributed by atoms with Gasteiger partial charge in [-0.1, -0.05) is 23.7 Å². The molecule has 1 aliphatic heterocycles. The first-order chi connectivity index (χ1) is 7.18. The largest absolute Gasteiger partial charge is 0.481 e. The maximum Gasteiger partial charge on any atom is 0.309 e. The van der Waals surface area contributed by atoms with Gasteiger partial charge in [0.25, 0.3) is 0 Å². The molecule has 1 fully saturated rings. The van der Waals surface area contributed by atoms with Crippen molar-refractivity contribution in [2.75, 3.05) is 6.61 Å². The number of carbonyl (C=O) groups is 1. The second-order valence-corrected chi connectivity index (χ2v) is 4.01. The van der Waals surface area contributed by atoms with Crippen molar-refractivity contribution in [1.29, 1.82) is 0 Å². The predicted octanol–water partition coefficient (Wildman–Crippen LogP) is 2.50. The van der Waals surface area contributed by atoms with Crippen molar-refractivity contribution in [3.63, 3.8) is 0 Å². The average Bonchev–Trinajstić information content (AvgIpc) is 2.67. The maximum absolute atomic E-state index is 10.9. The van der Waals surface area contributed by atoms with Crippen LogP contribution in [0.15, 0.2) is 24.3 Å². The Balaban J connectivity index is 2.22. The van der Waals surface area contributed by atoms with E-state index in [0.29, 0.717) is 18.1 Å². The standard InChI is InChI=1S/C11H11ClO3/c12-8-3-1-7(2-4-8)10-9(11(13)14)5-6-15-10/h1-4,9-10H,5-6H2,(H,13,14). The topological polar surface area (TPSA) is 46.5 Å². The molecule has 3 nitrogen and oxygen atoms in total. The molecule has 0 aliphatic carbocycles. The van der Waals surface area contributed by atoms with Gasteiger partial charge in [0.2, 0.25) is 0 Å². The zero-order valence-corrected chi connectivity index (χ0v) is 8.78. The zero-order chi connectivity index (χ0) is 10.8. The highest BCUT2D eigenvalue weighted by atomic mass is 35.5. The van der Waals surface area contributed by atoms with Gasteiger partial charge in [0.15, 0.2) is 0 Å². The third-order valence-electron chi connectivity index (χ3n) is 2.61. The van der Waals surface area contributed by atoms with E-state index < -0.39 is 11.9 Å². The summed E-state index contributed by atoms with van der Waals surface area (Å²) in [7, 11) is 0. The van der Waals surface area contributed by atoms with Gasteiger partial charge >= 0.3 is 5.97 Å². The highest BCUT2D eigenvalue weighted by Crippen LogP contribution is 2.34. The van der Waals surface area contributed by atoms with E-state index in [1.807, 2.05) is 12.1 Å². The van der Waals surface area contributed by atoms with Crippen molar-refractivity contribution < 1.29 is 14.6 Å². The molecular formula is C11H11ClO3. The molecule has 1 saturated heterocycles. The molecule has 15 heavy (non-hydrogen) atoms. The number of carboxylic acid groups (broad SMARTS) is 1. The van der Waals surface area contributed by atoms with E-state index in [-0.39, 0.29) is 6.10 Å². The molecular weight excluding hydrogens is 216 g/mol. The summed E-state index contributed by atoms with van der Waals surface area (Å²) in [6.45, 7) is 0.504. The Bertz CT molecular complexity index is 361. The van der Waals surface area contributed by atoms with Gasteiger partial charge < -0.3 is 9.84 Å². The number of aliphatic carboxylic acids is 1. The number of hydrogen-bond acceptors (Lipinski definition) is 2. The van der Waals surface area contributed by atoms with Crippen LogP contribution in [0.1, 0.15) is 18.1 Å². The van der Waals surface area contributed by atoms with E-state index >= 15 is 0 Å². The molecule has 1 aromatic rings. The first-order valence-corrected chi connectivity index (χ1v) is 5.16. The lowest BCUT2D eigenvalue weighted by Gasteiger charge is -2.15. The Kier molecular flexibility index (Phi) is 2.93. The fourth-order valence-corrected chi connectivity index (χ4v) is 1.95. The molecule has 0 aromatic heterocycles. The normalized spacial score (nSPS) is 25.4. The van der Waals surface area contributed by atoms with Crippen LogP contribution in [-0.2, 0) is 9.53 Å². The van der Waals surface area contributed by atoms with Gasteiger partial charge in [0.1, 0.15) is 0 Å². The molecule has 0 radical (unpaired) electrons. The molecule has 2 unspecified atom stereocenters. The van der Waals surface area contributed by atoms with Crippen LogP contribution in [0, 0.1) is 5.92 Å². The first-order valence-electron chi connectivity index (χ1n) is 4.78. The van der Waals surface area contributed by atoms with Crippen molar-refractivity contribution in [2.45, 2.75) is 12.5 Å². The quantitative estimate of drug-likeness (QED) is 0.843. The number of halogens is 1. The average molecular weight is 227 g/mol. The lowest BCUT2D eigenvalue weighted by atomic mass is 9.96. The molecule has 2 rings (SSSR count). The molecule has 1 heterocycles. The van der Waals surface area contributed by atoms with Crippen molar-refractivity contribution in [3.8, 4) is 0 Å². The second-order valence-electron chi connectivity index (χ2n) is 3.58. The summed E-state index contributed by atoms with van der Waals surface area (Å²) in [5, 5.41) is 9.64. The number of rotatable bonds is 2. The van der Waals surface area contributed by atoms with Gasteiger partial charge in [-0.15, -0.1) is 0 Å². The maximum atomic E-state index is 10.9. The summed E-state index contributed by atoms with van der Waals surface area (Å²) in [4.78, 5) is 10.9. The van der Waals surface area contributed by atoms with Crippen LogP contribution >= 0.6 is 11.6 Å². The molecule has 0 spiro atoms. The van der Waals surface area contributed by atoms with Crippen molar-refractivity contribution in [2.24, 2.45) is 5.92 Å². The van der Waals surface area contributed by atoms with Crippen molar-refractivity contribution in [3.05, 3.63) is 34.9 Å². The fourth-order valence-electron chi connectivity index (χ4n) is 1.82. The Labute approximate surface area is 92.6 Å². The van der Waals surface area contributed by atoms with Crippen LogP contribution < -0.4 is 0 Å². The number of hydrogen-bond donors (Lipinski definition) is 1. The van der Waals surface area contributed by atoms with E-state index in [4.69, 9.17) is 21.4 Å². The molecule has 4 heteroatoms. The van der Waals surface area contributed by atoms with Gasteiger partial charge in [0.05, 0.1) is 12.0 Å². The minimum Gasteiger partial charge on any atom is -0.481 e. The molecule has 0 amide bonds. The predicted molar refractivity (Wildman–Crippen MR) is 55.9 cm³/mol. The molecule has 1 aliphatic rings. The SMILES string of the molecule is O=C(O)C1CCOC1c1ccc(Cl)cc1. The van der Waals surface area contributed by atoms with E-state index in [0.717, 1.165) is 5.56 Å². The van der Waals surface area contributed by atoms with Crippen LogP contribution in [0.2, 0.25) is 5.02 Å². The van der Waals surface area contributed by atoms with E-state index in [1.54, 1.807) is 12.1 Å². The lowest BCUT2D eigenvalue weighted by molar-refractivity contribution is -0.143. The summed E-state index contributed by atoms with van der Waals surface area (Å²) < 4.78 is 5.43. The van der Waals surface area contributed by atoms with Crippen molar-refractivity contribution in [1.82, 2.24) is 0 Å². The summed E-state index contributed by atoms with van der Waals surface area (Å²) in [6, 6.07) is 7.12. The monoisotopic (exact) mass is 226 g/mol. The van der Waals surface area contributed by atoms with Crippen LogP contribution in [0.5, 0.6) is 0 Å².